The Hall–Kier alpha value is -1.36. The zero-order valence-corrected chi connectivity index (χ0v) is 13.0. The fourth-order valence-corrected chi connectivity index (χ4v) is 2.85. The Morgan fingerprint density at radius 3 is 2.55 bits per heavy atom. The van der Waals surface area contributed by atoms with Crippen molar-refractivity contribution in [3.05, 3.63) is 11.9 Å². The molecule has 20 heavy (non-hydrogen) atoms. The standard InChI is InChI=1S/C15H27N5/c1-9(2)15-18-13(8-14(19-15)20-16)17-12-7-5-6-10(3)11(12)4/h8-12H,5-7,16H2,1-4H3,(H2,17,18,19,20). The van der Waals surface area contributed by atoms with Gasteiger partial charge in [0.2, 0.25) is 0 Å². The van der Waals surface area contributed by atoms with Gasteiger partial charge in [-0.05, 0) is 18.3 Å². The summed E-state index contributed by atoms with van der Waals surface area (Å²) in [6, 6.07) is 2.37. The number of hydrogen-bond donors (Lipinski definition) is 3. The van der Waals surface area contributed by atoms with Crippen LogP contribution in [-0.2, 0) is 0 Å². The molecule has 0 amide bonds. The largest absolute Gasteiger partial charge is 0.367 e. The number of rotatable bonds is 4. The molecule has 0 aliphatic heterocycles. The lowest BCUT2D eigenvalue weighted by atomic mass is 9.78. The van der Waals surface area contributed by atoms with E-state index in [1.807, 2.05) is 6.07 Å². The summed E-state index contributed by atoms with van der Waals surface area (Å²) in [6.45, 7) is 8.84. The van der Waals surface area contributed by atoms with Crippen molar-refractivity contribution < 1.29 is 0 Å². The SMILES string of the molecule is CC(C)c1nc(NN)cc(NC2CCCC(C)C2C)n1. The summed E-state index contributed by atoms with van der Waals surface area (Å²) < 4.78 is 0. The van der Waals surface area contributed by atoms with Crippen molar-refractivity contribution in [2.24, 2.45) is 17.7 Å². The molecule has 1 fully saturated rings. The Bertz CT molecular complexity index is 446. The summed E-state index contributed by atoms with van der Waals surface area (Å²) >= 11 is 0. The van der Waals surface area contributed by atoms with Gasteiger partial charge in [-0.2, -0.15) is 0 Å². The van der Waals surface area contributed by atoms with Crippen LogP contribution in [0.2, 0.25) is 0 Å². The lowest BCUT2D eigenvalue weighted by molar-refractivity contribution is 0.253. The molecule has 0 spiro atoms. The number of anilines is 2. The summed E-state index contributed by atoms with van der Waals surface area (Å²) in [5.74, 6) is 9.58. The van der Waals surface area contributed by atoms with Gasteiger partial charge < -0.3 is 10.7 Å². The zero-order chi connectivity index (χ0) is 14.7. The number of aromatic nitrogens is 2. The molecule has 1 aliphatic rings. The maximum atomic E-state index is 5.50. The van der Waals surface area contributed by atoms with Crippen LogP contribution in [0, 0.1) is 11.8 Å². The van der Waals surface area contributed by atoms with Crippen LogP contribution in [0.3, 0.4) is 0 Å². The number of nitrogen functional groups attached to an aromatic ring is 1. The molecule has 3 unspecified atom stereocenters. The van der Waals surface area contributed by atoms with E-state index in [-0.39, 0.29) is 5.92 Å². The van der Waals surface area contributed by atoms with Gasteiger partial charge in [0.15, 0.2) is 0 Å². The maximum Gasteiger partial charge on any atom is 0.145 e. The molecule has 112 valence electrons. The van der Waals surface area contributed by atoms with Crippen LogP contribution in [0.1, 0.15) is 58.7 Å². The lowest BCUT2D eigenvalue weighted by Crippen LogP contribution is -2.35. The number of nitrogens with zero attached hydrogens (tertiary/aromatic N) is 2. The second-order valence-corrected chi connectivity index (χ2v) is 6.31. The predicted molar refractivity (Wildman–Crippen MR) is 83.5 cm³/mol. The van der Waals surface area contributed by atoms with Crippen molar-refractivity contribution >= 4 is 11.6 Å². The Balaban J connectivity index is 2.17. The highest BCUT2D eigenvalue weighted by atomic mass is 15.3. The quantitative estimate of drug-likeness (QED) is 0.582. The highest BCUT2D eigenvalue weighted by molar-refractivity contribution is 5.47. The van der Waals surface area contributed by atoms with Crippen molar-refractivity contribution in [2.75, 3.05) is 10.7 Å². The summed E-state index contributed by atoms with van der Waals surface area (Å²) in [4.78, 5) is 9.01. The molecule has 0 aromatic carbocycles. The molecule has 1 heterocycles. The third-order valence-corrected chi connectivity index (χ3v) is 4.45. The van der Waals surface area contributed by atoms with Crippen LogP contribution in [0.4, 0.5) is 11.6 Å². The highest BCUT2D eigenvalue weighted by Crippen LogP contribution is 2.31. The molecule has 5 heteroatoms. The van der Waals surface area contributed by atoms with Gasteiger partial charge in [-0.15, -0.1) is 0 Å². The molecule has 1 aromatic rings. The van der Waals surface area contributed by atoms with E-state index >= 15 is 0 Å². The van der Waals surface area contributed by atoms with E-state index in [4.69, 9.17) is 5.84 Å². The molecule has 3 atom stereocenters. The monoisotopic (exact) mass is 277 g/mol. The summed E-state index contributed by atoms with van der Waals surface area (Å²) in [5.41, 5.74) is 2.63. The van der Waals surface area contributed by atoms with Crippen LogP contribution in [0.15, 0.2) is 6.07 Å². The van der Waals surface area contributed by atoms with Crippen molar-refractivity contribution in [3.63, 3.8) is 0 Å². The van der Waals surface area contributed by atoms with Crippen LogP contribution in [0.5, 0.6) is 0 Å². The topological polar surface area (TPSA) is 75.9 Å². The molecule has 0 saturated heterocycles. The fraction of sp³-hybridized carbons (Fsp3) is 0.733. The second-order valence-electron chi connectivity index (χ2n) is 6.31. The van der Waals surface area contributed by atoms with Gasteiger partial charge >= 0.3 is 0 Å². The number of nitrogens with two attached hydrogens (primary N) is 1. The molecule has 1 saturated carbocycles. The van der Waals surface area contributed by atoms with E-state index in [1.54, 1.807) is 0 Å². The maximum absolute atomic E-state index is 5.50. The summed E-state index contributed by atoms with van der Waals surface area (Å²) in [6.07, 6.45) is 3.82. The predicted octanol–water partition coefficient (Wildman–Crippen LogP) is 3.12. The first-order chi connectivity index (χ1) is 9.51. The van der Waals surface area contributed by atoms with Crippen molar-refractivity contribution in [1.29, 1.82) is 0 Å². The minimum Gasteiger partial charge on any atom is -0.367 e. The van der Waals surface area contributed by atoms with Crippen LogP contribution in [0.25, 0.3) is 0 Å². The Morgan fingerprint density at radius 2 is 1.90 bits per heavy atom. The van der Waals surface area contributed by atoms with E-state index in [2.05, 4.69) is 48.4 Å². The van der Waals surface area contributed by atoms with Gasteiger partial charge in [0.05, 0.1) is 0 Å². The number of hydrogen-bond acceptors (Lipinski definition) is 5. The normalized spacial score (nSPS) is 26.6. The van der Waals surface area contributed by atoms with Gasteiger partial charge in [0.25, 0.3) is 0 Å². The second kappa shape index (κ2) is 6.39. The Morgan fingerprint density at radius 1 is 1.20 bits per heavy atom. The molecule has 2 rings (SSSR count). The molecule has 1 aliphatic carbocycles. The van der Waals surface area contributed by atoms with Gasteiger partial charge in [-0.3, -0.25) is 0 Å². The first-order valence-corrected chi connectivity index (χ1v) is 7.63. The minimum absolute atomic E-state index is 0.284. The average molecular weight is 277 g/mol. The zero-order valence-electron chi connectivity index (χ0n) is 13.0. The smallest absolute Gasteiger partial charge is 0.145 e. The average Bonchev–Trinajstić information content (AvgIpc) is 2.43. The number of nitrogens with one attached hydrogen (secondary N) is 2. The third kappa shape index (κ3) is 3.39. The molecule has 0 bridgehead atoms. The minimum atomic E-state index is 0.284. The first-order valence-electron chi connectivity index (χ1n) is 7.63. The van der Waals surface area contributed by atoms with E-state index in [0.29, 0.717) is 17.8 Å². The van der Waals surface area contributed by atoms with Crippen LogP contribution < -0.4 is 16.6 Å². The summed E-state index contributed by atoms with van der Waals surface area (Å²) in [5, 5.41) is 3.58. The van der Waals surface area contributed by atoms with E-state index < -0.39 is 0 Å². The molecule has 4 N–H and O–H groups in total. The van der Waals surface area contributed by atoms with Crippen LogP contribution in [-0.4, -0.2) is 16.0 Å². The van der Waals surface area contributed by atoms with Crippen molar-refractivity contribution in [3.8, 4) is 0 Å². The van der Waals surface area contributed by atoms with E-state index in [9.17, 15) is 0 Å². The number of hydrazine groups is 1. The van der Waals surface area contributed by atoms with E-state index in [0.717, 1.165) is 17.6 Å². The molecule has 5 nitrogen and oxygen atoms in total. The van der Waals surface area contributed by atoms with E-state index in [1.165, 1.54) is 19.3 Å². The van der Waals surface area contributed by atoms with Gasteiger partial charge in [-0.1, -0.05) is 40.5 Å². The molecular formula is C15H27N5. The Kier molecular flexibility index (Phi) is 4.81. The molecular weight excluding hydrogens is 250 g/mol. The third-order valence-electron chi connectivity index (χ3n) is 4.45. The summed E-state index contributed by atoms with van der Waals surface area (Å²) in [7, 11) is 0. The van der Waals surface area contributed by atoms with Gasteiger partial charge in [-0.25, -0.2) is 15.8 Å². The van der Waals surface area contributed by atoms with Gasteiger partial charge in [0, 0.05) is 18.0 Å². The Labute approximate surface area is 121 Å². The van der Waals surface area contributed by atoms with Gasteiger partial charge in [0.1, 0.15) is 17.5 Å². The first kappa shape index (κ1) is 15.0. The fourth-order valence-electron chi connectivity index (χ4n) is 2.85. The van der Waals surface area contributed by atoms with Crippen molar-refractivity contribution in [2.45, 2.75) is 58.9 Å². The highest BCUT2D eigenvalue weighted by Gasteiger charge is 2.27. The molecule has 1 aromatic heterocycles. The van der Waals surface area contributed by atoms with Crippen LogP contribution >= 0.6 is 0 Å². The molecule has 0 radical (unpaired) electrons. The lowest BCUT2D eigenvalue weighted by Gasteiger charge is -2.35. The van der Waals surface area contributed by atoms with Crippen molar-refractivity contribution in [1.82, 2.24) is 9.97 Å².